The molecule has 3 heterocycles. The van der Waals surface area contributed by atoms with Crippen LogP contribution in [0.2, 0.25) is 0 Å². The molecule has 1 atom stereocenters. The second-order valence-corrected chi connectivity index (χ2v) is 9.70. The smallest absolute Gasteiger partial charge is 0.318 e. The van der Waals surface area contributed by atoms with Gasteiger partial charge in [0.25, 0.3) is 0 Å². The first-order chi connectivity index (χ1) is 19.1. The third-order valence-corrected chi connectivity index (χ3v) is 7.28. The van der Waals surface area contributed by atoms with Crippen molar-refractivity contribution in [2.45, 2.75) is 32.4 Å². The molecule has 6 nitrogen and oxygen atoms in total. The monoisotopic (exact) mass is 519 g/mol. The average molecular weight is 520 g/mol. The van der Waals surface area contributed by atoms with Crippen molar-refractivity contribution in [1.82, 2.24) is 24.6 Å². The molecular weight excluding hydrogens is 489 g/mol. The Kier molecular flexibility index (Phi) is 6.71. The number of aryl methyl sites for hydroxylation is 1. The van der Waals surface area contributed by atoms with Crippen LogP contribution in [0.1, 0.15) is 41.0 Å². The van der Waals surface area contributed by atoms with Crippen LogP contribution >= 0.6 is 0 Å². The van der Waals surface area contributed by atoms with Gasteiger partial charge in [-0.1, -0.05) is 67.6 Å². The van der Waals surface area contributed by atoms with Crippen molar-refractivity contribution in [2.24, 2.45) is 0 Å². The van der Waals surface area contributed by atoms with Crippen LogP contribution in [0.3, 0.4) is 0 Å². The Bertz CT molecular complexity index is 1570. The lowest BCUT2D eigenvalue weighted by Crippen LogP contribution is -2.42. The molecule has 6 rings (SSSR count). The second kappa shape index (κ2) is 10.6. The van der Waals surface area contributed by atoms with Crippen molar-refractivity contribution >= 4 is 6.03 Å². The summed E-state index contributed by atoms with van der Waals surface area (Å²) in [5.74, 6) is 0.614. The summed E-state index contributed by atoms with van der Waals surface area (Å²) in [6.45, 7) is 2.96. The van der Waals surface area contributed by atoms with Gasteiger partial charge in [-0.2, -0.15) is 5.10 Å². The van der Waals surface area contributed by atoms with E-state index in [1.807, 2.05) is 76.4 Å². The minimum absolute atomic E-state index is 0.171. The molecule has 2 aromatic heterocycles. The number of rotatable bonds is 6. The number of halogens is 1. The summed E-state index contributed by atoms with van der Waals surface area (Å²) in [5, 5.41) is 8.14. The summed E-state index contributed by atoms with van der Waals surface area (Å²) in [6, 6.07) is 30.0. The molecule has 0 bridgehead atoms. The number of nitrogens with one attached hydrogen (secondary N) is 1. The number of carbonyl (C=O) groups is 1. The van der Waals surface area contributed by atoms with E-state index in [2.05, 4.69) is 28.9 Å². The number of amides is 2. The van der Waals surface area contributed by atoms with E-state index in [9.17, 15) is 9.18 Å². The number of fused-ring (bicyclic) bond motifs is 3. The lowest BCUT2D eigenvalue weighted by Gasteiger charge is -2.31. The molecule has 7 heteroatoms. The molecule has 1 aliphatic rings. The van der Waals surface area contributed by atoms with Crippen LogP contribution in [0.5, 0.6) is 0 Å². The van der Waals surface area contributed by atoms with Gasteiger partial charge in [-0.05, 0) is 60.4 Å². The van der Waals surface area contributed by atoms with E-state index in [1.165, 1.54) is 12.1 Å². The molecular formula is C32H30FN5O. The van der Waals surface area contributed by atoms with Crippen molar-refractivity contribution in [2.75, 3.05) is 6.54 Å². The molecule has 1 N–H and O–H groups in total. The van der Waals surface area contributed by atoms with E-state index in [4.69, 9.17) is 5.10 Å². The van der Waals surface area contributed by atoms with E-state index in [0.717, 1.165) is 52.4 Å². The highest BCUT2D eigenvalue weighted by atomic mass is 19.1. The first-order valence-electron chi connectivity index (χ1n) is 13.3. The normalized spacial score (nSPS) is 14.4. The fourth-order valence-electron chi connectivity index (χ4n) is 5.40. The maximum Gasteiger partial charge on any atom is 0.318 e. The quantitative estimate of drug-likeness (QED) is 0.290. The highest BCUT2D eigenvalue weighted by Gasteiger charge is 2.36. The van der Waals surface area contributed by atoms with Gasteiger partial charge in [-0.3, -0.25) is 0 Å². The summed E-state index contributed by atoms with van der Waals surface area (Å²) >= 11 is 0. The van der Waals surface area contributed by atoms with Crippen molar-refractivity contribution in [1.29, 1.82) is 0 Å². The van der Waals surface area contributed by atoms with Gasteiger partial charge in [0.15, 0.2) is 0 Å². The average Bonchev–Trinajstić information content (AvgIpc) is 3.56. The third-order valence-electron chi connectivity index (χ3n) is 7.28. The maximum absolute atomic E-state index is 13.9. The molecule has 196 valence electrons. The van der Waals surface area contributed by atoms with E-state index < -0.39 is 6.04 Å². The molecule has 0 unspecified atom stereocenters. The highest BCUT2D eigenvalue weighted by Crippen LogP contribution is 2.38. The summed E-state index contributed by atoms with van der Waals surface area (Å²) < 4.78 is 18.0. The lowest BCUT2D eigenvalue weighted by atomic mass is 10.0. The molecule has 3 aromatic carbocycles. The minimum Gasteiger partial charge on any atom is -0.338 e. The zero-order valence-corrected chi connectivity index (χ0v) is 21.8. The second-order valence-electron chi connectivity index (χ2n) is 9.70. The zero-order chi connectivity index (χ0) is 26.8. The molecule has 0 spiro atoms. The fraction of sp³-hybridized carbons (Fsp3) is 0.188. The summed E-state index contributed by atoms with van der Waals surface area (Å²) in [7, 11) is 0. The van der Waals surface area contributed by atoms with Crippen molar-refractivity contribution in [3.63, 3.8) is 0 Å². The van der Waals surface area contributed by atoms with Crippen LogP contribution in [-0.4, -0.2) is 31.8 Å². The molecule has 39 heavy (non-hydrogen) atoms. The maximum atomic E-state index is 13.9. The molecule has 0 saturated heterocycles. The number of nitrogens with zero attached hydrogens (tertiary/aromatic N) is 4. The standard InChI is InChI=1S/C32H30FN5O/c1-2-28-27-22-37(32(39)34-20-19-23-10-5-3-6-11-23)30(24-15-17-25(33)18-16-24)29-14-9-21-36(29)31(27)38(35-28)26-12-7-4-8-13-26/h3-18,21,30H,2,19-20,22H2,1H3,(H,34,39)/t30-/m1/s1. The topological polar surface area (TPSA) is 55.1 Å². The summed E-state index contributed by atoms with van der Waals surface area (Å²) in [6.07, 6.45) is 3.47. The van der Waals surface area contributed by atoms with E-state index >= 15 is 0 Å². The van der Waals surface area contributed by atoms with Gasteiger partial charge in [0.1, 0.15) is 11.6 Å². The predicted octanol–water partition coefficient (Wildman–Crippen LogP) is 6.22. The number of carbonyl (C=O) groups excluding carboxylic acids is 1. The Balaban J connectivity index is 1.45. The molecule has 5 aromatic rings. The molecule has 2 amide bonds. The highest BCUT2D eigenvalue weighted by molar-refractivity contribution is 5.76. The number of hydrogen-bond donors (Lipinski definition) is 1. The molecule has 0 aliphatic carbocycles. The van der Waals surface area contributed by atoms with Crippen LogP contribution in [-0.2, 0) is 19.4 Å². The van der Waals surface area contributed by atoms with Gasteiger partial charge < -0.3 is 14.8 Å². The summed E-state index contributed by atoms with van der Waals surface area (Å²) in [5.41, 5.74) is 5.82. The van der Waals surface area contributed by atoms with Gasteiger partial charge in [0, 0.05) is 18.3 Å². The van der Waals surface area contributed by atoms with Crippen molar-refractivity contribution < 1.29 is 9.18 Å². The van der Waals surface area contributed by atoms with Crippen LogP contribution in [0.4, 0.5) is 9.18 Å². The largest absolute Gasteiger partial charge is 0.338 e. The molecule has 0 radical (unpaired) electrons. The number of hydrogen-bond acceptors (Lipinski definition) is 2. The van der Waals surface area contributed by atoms with Crippen LogP contribution in [0.25, 0.3) is 11.5 Å². The SMILES string of the molecule is CCc1nn(-c2ccccc2)c2c1CN(C(=O)NCCc1ccccc1)[C@H](c1ccc(F)cc1)c1cccn1-2. The Labute approximate surface area is 227 Å². The fourth-order valence-corrected chi connectivity index (χ4v) is 5.40. The van der Waals surface area contributed by atoms with Gasteiger partial charge in [-0.25, -0.2) is 13.9 Å². The van der Waals surface area contributed by atoms with E-state index in [0.29, 0.717) is 13.1 Å². The third kappa shape index (κ3) is 4.72. The zero-order valence-electron chi connectivity index (χ0n) is 21.8. The van der Waals surface area contributed by atoms with Crippen LogP contribution in [0.15, 0.2) is 103 Å². The minimum atomic E-state index is -0.418. The first kappa shape index (κ1) is 24.7. The number of para-hydroxylation sites is 1. The molecule has 1 aliphatic heterocycles. The van der Waals surface area contributed by atoms with Crippen LogP contribution in [0, 0.1) is 5.82 Å². The molecule has 0 saturated carbocycles. The number of benzene rings is 3. The molecule has 0 fully saturated rings. The van der Waals surface area contributed by atoms with Gasteiger partial charge in [0.05, 0.1) is 29.7 Å². The number of aromatic nitrogens is 3. The lowest BCUT2D eigenvalue weighted by molar-refractivity contribution is 0.180. The van der Waals surface area contributed by atoms with Gasteiger partial charge in [0.2, 0.25) is 0 Å². The van der Waals surface area contributed by atoms with Gasteiger partial charge >= 0.3 is 6.03 Å². The first-order valence-corrected chi connectivity index (χ1v) is 13.3. The Morgan fingerprint density at radius 2 is 1.67 bits per heavy atom. The predicted molar refractivity (Wildman–Crippen MR) is 150 cm³/mol. The van der Waals surface area contributed by atoms with Crippen molar-refractivity contribution in [3.8, 4) is 11.5 Å². The summed E-state index contributed by atoms with van der Waals surface area (Å²) in [4.78, 5) is 15.8. The van der Waals surface area contributed by atoms with E-state index in [1.54, 1.807) is 12.1 Å². The Morgan fingerprint density at radius 3 is 2.38 bits per heavy atom. The van der Waals surface area contributed by atoms with Crippen LogP contribution < -0.4 is 5.32 Å². The van der Waals surface area contributed by atoms with Crippen molar-refractivity contribution in [3.05, 3.63) is 137 Å². The Hall–Kier alpha value is -4.65. The van der Waals surface area contributed by atoms with Gasteiger partial charge in [-0.15, -0.1) is 0 Å². The Morgan fingerprint density at radius 1 is 0.949 bits per heavy atom. The van der Waals surface area contributed by atoms with E-state index in [-0.39, 0.29) is 11.8 Å². The number of urea groups is 1.